The highest BCUT2D eigenvalue weighted by Crippen LogP contribution is 2.32. The lowest BCUT2D eigenvalue weighted by Crippen LogP contribution is -2.35. The molecule has 1 fully saturated rings. The number of aliphatic hydroxyl groups is 1. The van der Waals surface area contributed by atoms with Crippen LogP contribution in [-0.4, -0.2) is 24.4 Å². The van der Waals surface area contributed by atoms with Gasteiger partial charge >= 0.3 is 0 Å². The van der Waals surface area contributed by atoms with Crippen LogP contribution in [0, 0.1) is 0 Å². The number of methoxy groups -OCH3 is 1. The standard InChI is InChI=1S/C15H23NO3/c1-10(16)12-8-7-11(18-2)9-15(12)19-14-6-4-3-5-13(14)17/h7-10,13-14,17H,3-6,16H2,1-2H3/t10-,13?,14?/m0/s1. The molecule has 0 amide bonds. The van der Waals surface area contributed by atoms with E-state index in [2.05, 4.69) is 0 Å². The predicted octanol–water partition coefficient (Wildman–Crippen LogP) is 2.40. The van der Waals surface area contributed by atoms with Crippen LogP contribution in [0.2, 0.25) is 0 Å². The van der Waals surface area contributed by atoms with E-state index in [1.54, 1.807) is 7.11 Å². The highest BCUT2D eigenvalue weighted by atomic mass is 16.5. The second-order valence-corrected chi connectivity index (χ2v) is 5.20. The maximum absolute atomic E-state index is 10.00. The SMILES string of the molecule is COc1ccc([C@H](C)N)c(OC2CCCCC2O)c1. The molecule has 0 aliphatic heterocycles. The van der Waals surface area contributed by atoms with E-state index in [0.717, 1.165) is 42.7 Å². The van der Waals surface area contributed by atoms with Gasteiger partial charge in [0.25, 0.3) is 0 Å². The van der Waals surface area contributed by atoms with Gasteiger partial charge in [0, 0.05) is 17.7 Å². The molecule has 3 atom stereocenters. The van der Waals surface area contributed by atoms with Gasteiger partial charge in [0.05, 0.1) is 13.2 Å². The molecule has 0 spiro atoms. The van der Waals surface area contributed by atoms with Crippen LogP contribution in [0.25, 0.3) is 0 Å². The summed E-state index contributed by atoms with van der Waals surface area (Å²) in [6, 6.07) is 5.54. The molecule has 19 heavy (non-hydrogen) atoms. The molecule has 1 aromatic rings. The molecule has 4 nitrogen and oxygen atoms in total. The minimum absolute atomic E-state index is 0.110. The first-order valence-corrected chi connectivity index (χ1v) is 6.90. The molecule has 2 rings (SSSR count). The van der Waals surface area contributed by atoms with E-state index in [0.29, 0.717) is 0 Å². The highest BCUT2D eigenvalue weighted by Gasteiger charge is 2.25. The van der Waals surface area contributed by atoms with Gasteiger partial charge in [-0.3, -0.25) is 0 Å². The fourth-order valence-corrected chi connectivity index (χ4v) is 2.50. The third-order valence-corrected chi connectivity index (χ3v) is 3.66. The molecular formula is C15H23NO3. The minimum atomic E-state index is -0.388. The Morgan fingerprint density at radius 3 is 2.68 bits per heavy atom. The lowest BCUT2D eigenvalue weighted by atomic mass is 9.94. The van der Waals surface area contributed by atoms with Crippen LogP contribution in [0.4, 0.5) is 0 Å². The summed E-state index contributed by atoms with van der Waals surface area (Å²) < 4.78 is 11.2. The Morgan fingerprint density at radius 1 is 1.32 bits per heavy atom. The summed E-state index contributed by atoms with van der Waals surface area (Å²) in [6.45, 7) is 1.92. The van der Waals surface area contributed by atoms with Crippen molar-refractivity contribution in [3.05, 3.63) is 23.8 Å². The monoisotopic (exact) mass is 265 g/mol. The summed E-state index contributed by atoms with van der Waals surface area (Å²) in [4.78, 5) is 0. The molecule has 1 saturated carbocycles. The second-order valence-electron chi connectivity index (χ2n) is 5.20. The fraction of sp³-hybridized carbons (Fsp3) is 0.600. The molecule has 1 aromatic carbocycles. The van der Waals surface area contributed by atoms with E-state index in [1.807, 2.05) is 25.1 Å². The smallest absolute Gasteiger partial charge is 0.128 e. The largest absolute Gasteiger partial charge is 0.497 e. The number of benzene rings is 1. The Labute approximate surface area is 114 Å². The molecule has 1 aliphatic carbocycles. The molecule has 0 saturated heterocycles. The highest BCUT2D eigenvalue weighted by molar-refractivity contribution is 5.42. The lowest BCUT2D eigenvalue weighted by Gasteiger charge is -2.29. The molecule has 0 heterocycles. The topological polar surface area (TPSA) is 64.7 Å². The van der Waals surface area contributed by atoms with Gasteiger partial charge in [0.15, 0.2) is 0 Å². The summed E-state index contributed by atoms with van der Waals surface area (Å²) in [7, 11) is 1.63. The molecule has 2 unspecified atom stereocenters. The van der Waals surface area contributed by atoms with Gasteiger partial charge < -0.3 is 20.3 Å². The quantitative estimate of drug-likeness (QED) is 0.877. The summed E-state index contributed by atoms with van der Waals surface area (Å²) in [5, 5.41) is 10.00. The average molecular weight is 265 g/mol. The first-order chi connectivity index (χ1) is 9.11. The van der Waals surface area contributed by atoms with Gasteiger partial charge in [-0.15, -0.1) is 0 Å². The van der Waals surface area contributed by atoms with Crippen molar-refractivity contribution in [1.29, 1.82) is 0 Å². The number of nitrogens with two attached hydrogens (primary N) is 1. The van der Waals surface area contributed by atoms with Crippen molar-refractivity contribution >= 4 is 0 Å². The Bertz CT molecular complexity index is 420. The second kappa shape index (κ2) is 6.26. The number of rotatable bonds is 4. The summed E-state index contributed by atoms with van der Waals surface area (Å²) in [6.07, 6.45) is 3.33. The van der Waals surface area contributed by atoms with Crippen LogP contribution in [-0.2, 0) is 0 Å². The number of aliphatic hydroxyl groups excluding tert-OH is 1. The van der Waals surface area contributed by atoms with Crippen LogP contribution in [0.15, 0.2) is 18.2 Å². The molecule has 1 aliphatic rings. The third kappa shape index (κ3) is 3.39. The number of hydrogen-bond acceptors (Lipinski definition) is 4. The van der Waals surface area contributed by atoms with E-state index in [1.165, 1.54) is 0 Å². The Balaban J connectivity index is 2.21. The molecule has 4 heteroatoms. The summed E-state index contributed by atoms with van der Waals surface area (Å²) in [5.74, 6) is 1.46. The van der Waals surface area contributed by atoms with E-state index in [9.17, 15) is 5.11 Å². The molecular weight excluding hydrogens is 242 g/mol. The van der Waals surface area contributed by atoms with Gasteiger partial charge in [-0.2, -0.15) is 0 Å². The van der Waals surface area contributed by atoms with Crippen molar-refractivity contribution in [2.75, 3.05) is 7.11 Å². The normalized spacial score (nSPS) is 24.8. The maximum Gasteiger partial charge on any atom is 0.128 e. The van der Waals surface area contributed by atoms with E-state index >= 15 is 0 Å². The molecule has 3 N–H and O–H groups in total. The van der Waals surface area contributed by atoms with Crippen molar-refractivity contribution in [3.8, 4) is 11.5 Å². The Kier molecular flexibility index (Phi) is 4.66. The zero-order valence-corrected chi connectivity index (χ0v) is 11.6. The Morgan fingerprint density at radius 2 is 2.05 bits per heavy atom. The summed E-state index contributed by atoms with van der Waals surface area (Å²) in [5.41, 5.74) is 6.91. The van der Waals surface area contributed by atoms with Gasteiger partial charge in [0.2, 0.25) is 0 Å². The number of hydrogen-bond donors (Lipinski definition) is 2. The Hall–Kier alpha value is -1.26. The zero-order valence-electron chi connectivity index (χ0n) is 11.6. The van der Waals surface area contributed by atoms with Gasteiger partial charge in [-0.05, 0) is 32.3 Å². The van der Waals surface area contributed by atoms with Crippen molar-refractivity contribution in [2.45, 2.75) is 50.9 Å². The predicted molar refractivity (Wildman–Crippen MR) is 74.5 cm³/mol. The fourth-order valence-electron chi connectivity index (χ4n) is 2.50. The first-order valence-electron chi connectivity index (χ1n) is 6.90. The van der Waals surface area contributed by atoms with E-state index < -0.39 is 0 Å². The van der Waals surface area contributed by atoms with E-state index in [4.69, 9.17) is 15.2 Å². The minimum Gasteiger partial charge on any atom is -0.497 e. The molecule has 0 aromatic heterocycles. The first kappa shape index (κ1) is 14.2. The van der Waals surface area contributed by atoms with Gasteiger partial charge in [0.1, 0.15) is 17.6 Å². The van der Waals surface area contributed by atoms with Crippen LogP contribution < -0.4 is 15.2 Å². The van der Waals surface area contributed by atoms with Crippen LogP contribution in [0.5, 0.6) is 11.5 Å². The van der Waals surface area contributed by atoms with Crippen molar-refractivity contribution < 1.29 is 14.6 Å². The molecule has 106 valence electrons. The molecule has 0 bridgehead atoms. The zero-order chi connectivity index (χ0) is 13.8. The van der Waals surface area contributed by atoms with Crippen LogP contribution in [0.1, 0.15) is 44.2 Å². The average Bonchev–Trinajstić information content (AvgIpc) is 2.41. The third-order valence-electron chi connectivity index (χ3n) is 3.66. The van der Waals surface area contributed by atoms with E-state index in [-0.39, 0.29) is 18.2 Å². The number of ether oxygens (including phenoxy) is 2. The van der Waals surface area contributed by atoms with Crippen LogP contribution in [0.3, 0.4) is 0 Å². The van der Waals surface area contributed by atoms with Crippen molar-refractivity contribution in [3.63, 3.8) is 0 Å². The summed E-state index contributed by atoms with van der Waals surface area (Å²) >= 11 is 0. The van der Waals surface area contributed by atoms with Crippen molar-refractivity contribution in [2.24, 2.45) is 5.73 Å². The maximum atomic E-state index is 10.00. The van der Waals surface area contributed by atoms with Crippen LogP contribution >= 0.6 is 0 Å². The molecule has 0 radical (unpaired) electrons. The lowest BCUT2D eigenvalue weighted by molar-refractivity contribution is 0.00617. The van der Waals surface area contributed by atoms with Crippen molar-refractivity contribution in [1.82, 2.24) is 0 Å². The van der Waals surface area contributed by atoms with Gasteiger partial charge in [-0.1, -0.05) is 12.5 Å². The van der Waals surface area contributed by atoms with Gasteiger partial charge in [-0.25, -0.2) is 0 Å².